The van der Waals surface area contributed by atoms with Gasteiger partial charge >= 0.3 is 0 Å². The maximum atomic E-state index is 14.1. The van der Waals surface area contributed by atoms with Crippen molar-refractivity contribution in [3.05, 3.63) is 60.2 Å². The number of nitrogen functional groups attached to an aromatic ring is 1. The van der Waals surface area contributed by atoms with E-state index in [2.05, 4.69) is 9.97 Å². The van der Waals surface area contributed by atoms with Crippen LogP contribution in [-0.2, 0) is 0 Å². The summed E-state index contributed by atoms with van der Waals surface area (Å²) < 4.78 is 29.3. The van der Waals surface area contributed by atoms with Crippen molar-refractivity contribution in [2.45, 2.75) is 6.92 Å². The van der Waals surface area contributed by atoms with Crippen LogP contribution in [0.4, 0.5) is 14.6 Å². The number of nitrogens with two attached hydrogens (primary N) is 1. The molecular weight excluding hydrogens is 274 g/mol. The summed E-state index contributed by atoms with van der Waals surface area (Å²) in [7, 11) is 0. The average molecular weight is 286 g/mol. The number of halogens is 2. The van der Waals surface area contributed by atoms with E-state index in [1.807, 2.05) is 0 Å². The fourth-order valence-electron chi connectivity index (χ4n) is 2.13. The molecule has 0 saturated carbocycles. The van der Waals surface area contributed by atoms with Gasteiger partial charge in [-0.1, -0.05) is 0 Å². The lowest BCUT2D eigenvalue weighted by atomic mass is 10.1. The molecule has 0 bridgehead atoms. The second-order valence-electron chi connectivity index (χ2n) is 4.67. The van der Waals surface area contributed by atoms with Crippen molar-refractivity contribution in [2.75, 3.05) is 5.73 Å². The number of imidazole rings is 1. The average Bonchev–Trinajstić information content (AvgIpc) is 2.92. The SMILES string of the molecule is Cc1cc(F)c(-n2cncc2-c2ccnc(N)c2)cc1F. The second kappa shape index (κ2) is 4.97. The fourth-order valence-corrected chi connectivity index (χ4v) is 2.13. The quantitative estimate of drug-likeness (QED) is 0.787. The van der Waals surface area contributed by atoms with E-state index in [0.717, 1.165) is 17.7 Å². The van der Waals surface area contributed by atoms with Gasteiger partial charge in [-0.2, -0.15) is 0 Å². The zero-order valence-electron chi connectivity index (χ0n) is 11.2. The topological polar surface area (TPSA) is 56.7 Å². The van der Waals surface area contributed by atoms with E-state index in [-0.39, 0.29) is 11.3 Å². The third-order valence-electron chi connectivity index (χ3n) is 3.20. The number of benzene rings is 1. The van der Waals surface area contributed by atoms with Crippen LogP contribution in [-0.4, -0.2) is 14.5 Å². The summed E-state index contributed by atoms with van der Waals surface area (Å²) >= 11 is 0. The molecule has 1 aromatic carbocycles. The normalized spacial score (nSPS) is 10.8. The van der Waals surface area contributed by atoms with Crippen molar-refractivity contribution in [1.82, 2.24) is 14.5 Å². The first kappa shape index (κ1) is 13.2. The number of aryl methyl sites for hydroxylation is 1. The minimum absolute atomic E-state index is 0.0981. The summed E-state index contributed by atoms with van der Waals surface area (Å²) in [4.78, 5) is 7.92. The Morgan fingerprint density at radius 3 is 2.71 bits per heavy atom. The van der Waals surface area contributed by atoms with Gasteiger partial charge in [0.05, 0.1) is 23.9 Å². The number of nitrogens with zero attached hydrogens (tertiary/aromatic N) is 3. The van der Waals surface area contributed by atoms with Gasteiger partial charge in [-0.3, -0.25) is 4.57 Å². The molecule has 0 spiro atoms. The molecular formula is C15H12F2N4. The molecule has 2 N–H and O–H groups in total. The molecule has 2 heterocycles. The highest BCUT2D eigenvalue weighted by atomic mass is 19.1. The summed E-state index contributed by atoms with van der Waals surface area (Å²) in [5.74, 6) is -0.647. The highest BCUT2D eigenvalue weighted by Crippen LogP contribution is 2.26. The summed E-state index contributed by atoms with van der Waals surface area (Å²) in [6.45, 7) is 1.51. The van der Waals surface area contributed by atoms with Gasteiger partial charge in [0.15, 0.2) is 0 Å². The second-order valence-corrected chi connectivity index (χ2v) is 4.67. The van der Waals surface area contributed by atoms with E-state index in [9.17, 15) is 8.78 Å². The molecule has 0 aliphatic rings. The Labute approximate surface area is 119 Å². The Bertz CT molecular complexity index is 811. The van der Waals surface area contributed by atoms with Gasteiger partial charge in [0.25, 0.3) is 0 Å². The van der Waals surface area contributed by atoms with Crippen LogP contribution in [0, 0.1) is 18.6 Å². The summed E-state index contributed by atoms with van der Waals surface area (Å²) in [6, 6.07) is 5.69. The number of rotatable bonds is 2. The lowest BCUT2D eigenvalue weighted by Crippen LogP contribution is -2.01. The van der Waals surface area contributed by atoms with E-state index < -0.39 is 11.6 Å². The monoisotopic (exact) mass is 286 g/mol. The first-order valence-corrected chi connectivity index (χ1v) is 6.26. The lowest BCUT2D eigenvalue weighted by molar-refractivity contribution is 0.586. The minimum atomic E-state index is -0.518. The zero-order valence-corrected chi connectivity index (χ0v) is 11.2. The molecule has 0 atom stereocenters. The van der Waals surface area contributed by atoms with Gasteiger partial charge in [0, 0.05) is 17.8 Å². The van der Waals surface area contributed by atoms with Crippen LogP contribution in [0.5, 0.6) is 0 Å². The predicted molar refractivity (Wildman–Crippen MR) is 75.9 cm³/mol. The zero-order chi connectivity index (χ0) is 15.0. The third-order valence-corrected chi connectivity index (χ3v) is 3.20. The molecule has 0 saturated heterocycles. The van der Waals surface area contributed by atoms with Crippen LogP contribution in [0.1, 0.15) is 5.56 Å². The van der Waals surface area contributed by atoms with Crippen molar-refractivity contribution in [1.29, 1.82) is 0 Å². The Morgan fingerprint density at radius 2 is 1.95 bits per heavy atom. The Balaban J connectivity index is 2.18. The molecule has 106 valence electrons. The summed E-state index contributed by atoms with van der Waals surface area (Å²) in [5, 5.41) is 0. The van der Waals surface area contributed by atoms with Gasteiger partial charge in [-0.25, -0.2) is 18.7 Å². The molecule has 0 fully saturated rings. The van der Waals surface area contributed by atoms with Gasteiger partial charge in [-0.05, 0) is 30.7 Å². The van der Waals surface area contributed by atoms with Crippen molar-refractivity contribution < 1.29 is 8.78 Å². The molecule has 6 heteroatoms. The third kappa shape index (κ3) is 2.35. The first-order valence-electron chi connectivity index (χ1n) is 6.26. The van der Waals surface area contributed by atoms with Crippen LogP contribution < -0.4 is 5.73 Å². The van der Waals surface area contributed by atoms with Crippen LogP contribution >= 0.6 is 0 Å². The maximum absolute atomic E-state index is 14.1. The van der Waals surface area contributed by atoms with Crippen molar-refractivity contribution in [2.24, 2.45) is 0 Å². The molecule has 4 nitrogen and oxygen atoms in total. The lowest BCUT2D eigenvalue weighted by Gasteiger charge is -2.11. The predicted octanol–water partition coefficient (Wildman–Crippen LogP) is 3.10. The van der Waals surface area contributed by atoms with Crippen LogP contribution in [0.15, 0.2) is 43.0 Å². The smallest absolute Gasteiger partial charge is 0.147 e. The highest BCUT2D eigenvalue weighted by molar-refractivity contribution is 5.64. The number of anilines is 1. The molecule has 2 aromatic heterocycles. The number of hydrogen-bond donors (Lipinski definition) is 1. The molecule has 21 heavy (non-hydrogen) atoms. The first-order chi connectivity index (χ1) is 10.1. The largest absolute Gasteiger partial charge is 0.384 e. The van der Waals surface area contributed by atoms with Gasteiger partial charge in [-0.15, -0.1) is 0 Å². The van der Waals surface area contributed by atoms with E-state index in [4.69, 9.17) is 5.73 Å². The number of pyridine rings is 1. The van der Waals surface area contributed by atoms with Crippen molar-refractivity contribution >= 4 is 5.82 Å². The van der Waals surface area contributed by atoms with E-state index in [1.165, 1.54) is 17.8 Å². The summed E-state index contributed by atoms with van der Waals surface area (Å²) in [6.07, 6.45) is 4.54. The van der Waals surface area contributed by atoms with Crippen LogP contribution in [0.3, 0.4) is 0 Å². The molecule has 0 aliphatic heterocycles. The van der Waals surface area contributed by atoms with Crippen molar-refractivity contribution in [3.8, 4) is 16.9 Å². The molecule has 0 amide bonds. The highest BCUT2D eigenvalue weighted by Gasteiger charge is 2.13. The minimum Gasteiger partial charge on any atom is -0.384 e. The van der Waals surface area contributed by atoms with E-state index in [1.54, 1.807) is 24.5 Å². The van der Waals surface area contributed by atoms with Gasteiger partial charge < -0.3 is 5.73 Å². The number of hydrogen-bond acceptors (Lipinski definition) is 3. The molecule has 3 aromatic rings. The Morgan fingerprint density at radius 1 is 1.14 bits per heavy atom. The van der Waals surface area contributed by atoms with Gasteiger partial charge in [0.1, 0.15) is 17.5 Å². The molecule has 3 rings (SSSR count). The maximum Gasteiger partial charge on any atom is 0.147 e. The standard InChI is InChI=1S/C15H12F2N4/c1-9-4-12(17)13(6-11(9)16)21-8-19-7-14(21)10-2-3-20-15(18)5-10/h2-8H,1H3,(H2,18,20). The van der Waals surface area contributed by atoms with Crippen LogP contribution in [0.2, 0.25) is 0 Å². The molecule has 0 unspecified atom stereocenters. The van der Waals surface area contributed by atoms with Gasteiger partial charge in [0.2, 0.25) is 0 Å². The van der Waals surface area contributed by atoms with Crippen molar-refractivity contribution in [3.63, 3.8) is 0 Å². The number of aromatic nitrogens is 3. The van der Waals surface area contributed by atoms with Crippen LogP contribution in [0.25, 0.3) is 16.9 Å². The Kier molecular flexibility index (Phi) is 3.13. The molecule has 0 aliphatic carbocycles. The van der Waals surface area contributed by atoms with E-state index >= 15 is 0 Å². The summed E-state index contributed by atoms with van der Waals surface area (Å²) in [5.41, 5.74) is 7.33. The fraction of sp³-hybridized carbons (Fsp3) is 0.0667. The molecule has 0 radical (unpaired) electrons. The van der Waals surface area contributed by atoms with E-state index in [0.29, 0.717) is 11.5 Å². The Hall–Kier alpha value is -2.76.